The van der Waals surface area contributed by atoms with E-state index in [0.29, 0.717) is 6.42 Å². The molecule has 0 aliphatic heterocycles. The number of nitrogens with zero attached hydrogens (tertiary/aromatic N) is 2. The van der Waals surface area contributed by atoms with Gasteiger partial charge in [-0.2, -0.15) is 0 Å². The van der Waals surface area contributed by atoms with Crippen molar-refractivity contribution in [3.8, 4) is 0 Å². The summed E-state index contributed by atoms with van der Waals surface area (Å²) in [6.07, 6.45) is 2.14. The van der Waals surface area contributed by atoms with Gasteiger partial charge in [-0.3, -0.25) is 24.7 Å². The number of nitro groups is 1. The molecule has 0 fully saturated rings. The van der Waals surface area contributed by atoms with E-state index in [1.54, 1.807) is 13.8 Å². The van der Waals surface area contributed by atoms with Gasteiger partial charge in [-0.25, -0.2) is 0 Å². The molecule has 108 valence electrons. The van der Waals surface area contributed by atoms with E-state index in [1.807, 2.05) is 0 Å². The molecule has 0 aliphatic carbocycles. The van der Waals surface area contributed by atoms with Crippen molar-refractivity contribution in [1.29, 1.82) is 0 Å². The Morgan fingerprint density at radius 1 is 1.55 bits per heavy atom. The van der Waals surface area contributed by atoms with Gasteiger partial charge in [-0.05, 0) is 19.4 Å². The van der Waals surface area contributed by atoms with Crippen LogP contribution in [-0.4, -0.2) is 33.1 Å². The minimum atomic E-state index is -1.74. The summed E-state index contributed by atoms with van der Waals surface area (Å²) in [4.78, 5) is 36.8. The van der Waals surface area contributed by atoms with Crippen molar-refractivity contribution in [2.75, 3.05) is 0 Å². The standard InChI is InChI=1S/C12H14N2O6/c1-3-7(2)20-12(17)10(11(15)16)8-4-5-13-6-9(8)14(18)19/h4-7,10H,3H2,1-2H3,(H,15,16). The number of pyridine rings is 1. The second-order valence-corrected chi connectivity index (χ2v) is 4.12. The number of aromatic nitrogens is 1. The van der Waals surface area contributed by atoms with Crippen molar-refractivity contribution in [3.05, 3.63) is 34.1 Å². The van der Waals surface area contributed by atoms with Crippen LogP contribution in [0.2, 0.25) is 0 Å². The highest BCUT2D eigenvalue weighted by Crippen LogP contribution is 2.27. The van der Waals surface area contributed by atoms with Crippen molar-refractivity contribution >= 4 is 17.6 Å². The summed E-state index contributed by atoms with van der Waals surface area (Å²) in [6, 6.07) is 1.13. The number of aliphatic carboxylic acids is 1. The van der Waals surface area contributed by atoms with Crippen LogP contribution in [0.25, 0.3) is 0 Å². The average Bonchev–Trinajstić information content (AvgIpc) is 2.38. The molecule has 0 saturated heterocycles. The minimum Gasteiger partial charge on any atom is -0.480 e. The maximum Gasteiger partial charge on any atom is 0.325 e. The molecule has 0 aromatic carbocycles. The Labute approximate surface area is 114 Å². The molecule has 1 aromatic heterocycles. The van der Waals surface area contributed by atoms with Crippen LogP contribution in [0.15, 0.2) is 18.5 Å². The third kappa shape index (κ3) is 3.50. The van der Waals surface area contributed by atoms with E-state index >= 15 is 0 Å². The van der Waals surface area contributed by atoms with Gasteiger partial charge in [0.2, 0.25) is 0 Å². The van der Waals surface area contributed by atoms with Crippen molar-refractivity contribution in [2.24, 2.45) is 0 Å². The molecule has 0 spiro atoms. The minimum absolute atomic E-state index is 0.245. The van der Waals surface area contributed by atoms with Gasteiger partial charge in [0.15, 0.2) is 5.92 Å². The molecule has 8 nitrogen and oxygen atoms in total. The van der Waals surface area contributed by atoms with Crippen LogP contribution in [-0.2, 0) is 14.3 Å². The lowest BCUT2D eigenvalue weighted by molar-refractivity contribution is -0.386. The van der Waals surface area contributed by atoms with Gasteiger partial charge in [-0.15, -0.1) is 0 Å². The molecule has 0 radical (unpaired) electrons. The van der Waals surface area contributed by atoms with Gasteiger partial charge in [0.1, 0.15) is 6.20 Å². The molecule has 1 N–H and O–H groups in total. The number of carbonyl (C=O) groups excluding carboxylic acids is 1. The summed E-state index contributed by atoms with van der Waals surface area (Å²) in [5.41, 5.74) is -0.771. The SMILES string of the molecule is CCC(C)OC(=O)C(C(=O)O)c1ccncc1[N+](=O)[O-]. The monoisotopic (exact) mass is 282 g/mol. The number of carboxylic acids is 1. The van der Waals surface area contributed by atoms with Gasteiger partial charge < -0.3 is 9.84 Å². The molecule has 8 heteroatoms. The summed E-state index contributed by atoms with van der Waals surface area (Å²) in [7, 11) is 0. The molecule has 0 bridgehead atoms. The molecule has 1 rings (SSSR count). The number of hydrogen-bond donors (Lipinski definition) is 1. The Bertz CT molecular complexity index is 530. The Morgan fingerprint density at radius 2 is 2.20 bits per heavy atom. The van der Waals surface area contributed by atoms with E-state index in [4.69, 9.17) is 9.84 Å². The maximum absolute atomic E-state index is 11.9. The zero-order valence-electron chi connectivity index (χ0n) is 11.0. The van der Waals surface area contributed by atoms with Crippen LogP contribution in [0.3, 0.4) is 0 Å². The van der Waals surface area contributed by atoms with Crippen LogP contribution in [0, 0.1) is 10.1 Å². The van der Waals surface area contributed by atoms with Crippen LogP contribution >= 0.6 is 0 Å². The zero-order chi connectivity index (χ0) is 15.3. The van der Waals surface area contributed by atoms with Gasteiger partial charge in [0.25, 0.3) is 5.69 Å². The van der Waals surface area contributed by atoms with Crippen molar-refractivity contribution < 1.29 is 24.4 Å². The number of rotatable bonds is 6. The summed E-state index contributed by atoms with van der Waals surface area (Å²) >= 11 is 0. The molecule has 2 atom stereocenters. The maximum atomic E-state index is 11.9. The molecule has 20 heavy (non-hydrogen) atoms. The second-order valence-electron chi connectivity index (χ2n) is 4.12. The largest absolute Gasteiger partial charge is 0.480 e. The number of ether oxygens (including phenoxy) is 1. The zero-order valence-corrected chi connectivity index (χ0v) is 11.0. The van der Waals surface area contributed by atoms with E-state index in [9.17, 15) is 19.7 Å². The smallest absolute Gasteiger partial charge is 0.325 e. The first-order chi connectivity index (χ1) is 9.38. The Morgan fingerprint density at radius 3 is 2.70 bits per heavy atom. The third-order valence-electron chi connectivity index (χ3n) is 2.72. The van der Waals surface area contributed by atoms with Gasteiger partial charge in [-0.1, -0.05) is 6.92 Å². The molecule has 0 aliphatic rings. The Hall–Kier alpha value is -2.51. The lowest BCUT2D eigenvalue weighted by Crippen LogP contribution is -2.27. The number of hydrogen-bond acceptors (Lipinski definition) is 6. The van der Waals surface area contributed by atoms with Crippen LogP contribution in [0.1, 0.15) is 31.7 Å². The average molecular weight is 282 g/mol. The number of carbonyl (C=O) groups is 2. The summed E-state index contributed by atoms with van der Waals surface area (Å²) in [5.74, 6) is -4.28. The van der Waals surface area contributed by atoms with E-state index in [2.05, 4.69) is 4.98 Å². The van der Waals surface area contributed by atoms with Crippen molar-refractivity contribution in [3.63, 3.8) is 0 Å². The molecule has 0 amide bonds. The lowest BCUT2D eigenvalue weighted by Gasteiger charge is -2.15. The highest BCUT2D eigenvalue weighted by atomic mass is 16.6. The third-order valence-corrected chi connectivity index (χ3v) is 2.72. The van der Waals surface area contributed by atoms with Crippen molar-refractivity contribution in [1.82, 2.24) is 4.98 Å². The Kier molecular flexibility index (Phi) is 5.13. The summed E-state index contributed by atoms with van der Waals surface area (Å²) in [6.45, 7) is 3.38. The number of carboxylic acid groups (broad SMARTS) is 1. The van der Waals surface area contributed by atoms with E-state index in [1.165, 1.54) is 6.20 Å². The number of esters is 1. The highest BCUT2D eigenvalue weighted by Gasteiger charge is 2.36. The van der Waals surface area contributed by atoms with E-state index in [-0.39, 0.29) is 5.56 Å². The second kappa shape index (κ2) is 6.60. The molecule has 2 unspecified atom stereocenters. The van der Waals surface area contributed by atoms with Gasteiger partial charge >= 0.3 is 11.9 Å². The van der Waals surface area contributed by atoms with Gasteiger partial charge in [0, 0.05) is 6.20 Å². The summed E-state index contributed by atoms with van der Waals surface area (Å²) in [5, 5.41) is 20.0. The van der Waals surface area contributed by atoms with Gasteiger partial charge in [0.05, 0.1) is 16.6 Å². The topological polar surface area (TPSA) is 120 Å². The highest BCUT2D eigenvalue weighted by molar-refractivity contribution is 6.00. The molecule has 0 saturated carbocycles. The molecular weight excluding hydrogens is 268 g/mol. The fourth-order valence-corrected chi connectivity index (χ4v) is 1.50. The lowest BCUT2D eigenvalue weighted by atomic mass is 9.99. The molecule has 1 heterocycles. The van der Waals surface area contributed by atoms with Crippen LogP contribution in [0.4, 0.5) is 5.69 Å². The van der Waals surface area contributed by atoms with Crippen molar-refractivity contribution in [2.45, 2.75) is 32.3 Å². The summed E-state index contributed by atoms with van der Waals surface area (Å²) < 4.78 is 4.95. The Balaban J connectivity index is 3.18. The fraction of sp³-hybridized carbons (Fsp3) is 0.417. The molecular formula is C12H14N2O6. The van der Waals surface area contributed by atoms with Crippen LogP contribution in [0.5, 0.6) is 0 Å². The fourth-order valence-electron chi connectivity index (χ4n) is 1.50. The van der Waals surface area contributed by atoms with E-state index in [0.717, 1.165) is 12.3 Å². The quantitative estimate of drug-likeness (QED) is 0.363. The van der Waals surface area contributed by atoms with E-state index < -0.39 is 34.6 Å². The predicted octanol–water partition coefficient (Wildman–Crippen LogP) is 1.50. The van der Waals surface area contributed by atoms with Crippen LogP contribution < -0.4 is 0 Å². The normalized spacial score (nSPS) is 13.3. The molecule has 1 aromatic rings. The predicted molar refractivity (Wildman–Crippen MR) is 67.1 cm³/mol. The first-order valence-corrected chi connectivity index (χ1v) is 5.90. The first kappa shape index (κ1) is 15.5. The first-order valence-electron chi connectivity index (χ1n) is 5.90.